The van der Waals surface area contributed by atoms with Crippen molar-refractivity contribution in [3.8, 4) is 0 Å². The van der Waals surface area contributed by atoms with Gasteiger partial charge in [-0.3, -0.25) is 9.89 Å². The summed E-state index contributed by atoms with van der Waals surface area (Å²) < 4.78 is 2.39. The van der Waals surface area contributed by atoms with Gasteiger partial charge in [-0.1, -0.05) is 29.8 Å². The first kappa shape index (κ1) is 14.8. The number of benzene rings is 1. The summed E-state index contributed by atoms with van der Waals surface area (Å²) in [6.07, 6.45) is 0. The molecule has 2 heterocycles. The molecule has 0 aliphatic carbocycles. The van der Waals surface area contributed by atoms with Crippen LogP contribution in [0.3, 0.4) is 0 Å². The van der Waals surface area contributed by atoms with Crippen LogP contribution >= 0.6 is 15.9 Å². The van der Waals surface area contributed by atoms with E-state index in [1.165, 1.54) is 4.52 Å². The number of aromatic nitrogens is 4. The molecule has 0 atom stereocenters. The molecule has 0 aliphatic rings. The van der Waals surface area contributed by atoms with Crippen LogP contribution in [0.15, 0.2) is 39.6 Å². The molecule has 2 aromatic heterocycles. The molecule has 3 rings (SSSR count). The van der Waals surface area contributed by atoms with E-state index in [1.54, 1.807) is 6.07 Å². The Hall–Kier alpha value is -2.15. The normalized spacial score (nSPS) is 11.3. The van der Waals surface area contributed by atoms with E-state index in [1.807, 2.05) is 38.1 Å². The molecule has 0 unspecified atom stereocenters. The van der Waals surface area contributed by atoms with Crippen LogP contribution < -0.4 is 10.9 Å². The number of hydrogen-bond acceptors (Lipinski definition) is 4. The maximum atomic E-state index is 12.1. The van der Waals surface area contributed by atoms with Crippen LogP contribution in [0.25, 0.3) is 5.78 Å². The lowest BCUT2D eigenvalue weighted by Crippen LogP contribution is -2.16. The highest BCUT2D eigenvalue weighted by atomic mass is 79.9. The Balaban J connectivity index is 1.84. The average molecular weight is 362 g/mol. The highest BCUT2D eigenvalue weighted by Crippen LogP contribution is 2.14. The third kappa shape index (κ3) is 3.04. The zero-order valence-corrected chi connectivity index (χ0v) is 13.9. The first-order valence-corrected chi connectivity index (χ1v) is 7.80. The van der Waals surface area contributed by atoms with Crippen molar-refractivity contribution < 1.29 is 0 Å². The summed E-state index contributed by atoms with van der Waals surface area (Å²) in [4.78, 5) is 20.8. The Morgan fingerprint density at radius 2 is 2.00 bits per heavy atom. The van der Waals surface area contributed by atoms with Gasteiger partial charge >= 0.3 is 0 Å². The Morgan fingerprint density at radius 3 is 2.68 bits per heavy atom. The van der Waals surface area contributed by atoms with Gasteiger partial charge in [-0.05, 0) is 30.2 Å². The molecule has 2 N–H and O–H groups in total. The summed E-state index contributed by atoms with van der Waals surface area (Å²) in [5.41, 5.74) is 1.59. The zero-order chi connectivity index (χ0) is 15.7. The Bertz CT molecular complexity index is 850. The molecule has 6 nitrogen and oxygen atoms in total. The fraction of sp³-hybridized carbons (Fsp3) is 0.267. The highest BCUT2D eigenvalue weighted by Gasteiger charge is 2.09. The largest absolute Gasteiger partial charge is 0.378 e. The second-order valence-electron chi connectivity index (χ2n) is 5.34. The third-order valence-corrected chi connectivity index (χ3v) is 3.82. The van der Waals surface area contributed by atoms with Crippen molar-refractivity contribution in [1.29, 1.82) is 0 Å². The van der Waals surface area contributed by atoms with Crippen molar-refractivity contribution in [2.75, 3.05) is 5.32 Å². The van der Waals surface area contributed by atoms with E-state index in [-0.39, 0.29) is 11.5 Å². The molecular weight excluding hydrogens is 346 g/mol. The molecule has 0 aliphatic heterocycles. The summed E-state index contributed by atoms with van der Waals surface area (Å²) in [6, 6.07) is 9.40. The van der Waals surface area contributed by atoms with Gasteiger partial charge in [-0.2, -0.15) is 9.50 Å². The summed E-state index contributed by atoms with van der Waals surface area (Å²) in [7, 11) is 0. The molecule has 22 heavy (non-hydrogen) atoms. The molecule has 3 aromatic rings. The lowest BCUT2D eigenvalue weighted by atomic mass is 10.1. The standard InChI is InChI=1S/C15H16BrN5O/c1-9(2)12-7-14(22)21-15(18-12)19-13(20-21)8-17-11-5-3-10(16)4-6-11/h3-7,9,17H,8H2,1-2H3,(H,18,19,20). The predicted molar refractivity (Wildman–Crippen MR) is 89.2 cm³/mol. The molecule has 0 amide bonds. The molecule has 1 aromatic carbocycles. The molecular formula is C15H16BrN5O. The summed E-state index contributed by atoms with van der Waals surface area (Å²) in [5, 5.41) is 6.22. The Kier molecular flexibility index (Phi) is 3.98. The number of aromatic amines is 1. The van der Waals surface area contributed by atoms with Gasteiger partial charge in [0.1, 0.15) is 5.82 Å². The number of rotatable bonds is 4. The Labute approximate surface area is 135 Å². The smallest absolute Gasteiger partial charge is 0.274 e. The fourth-order valence-corrected chi connectivity index (χ4v) is 2.33. The van der Waals surface area contributed by atoms with Crippen LogP contribution in [0.5, 0.6) is 0 Å². The quantitative estimate of drug-likeness (QED) is 0.748. The van der Waals surface area contributed by atoms with E-state index in [0.717, 1.165) is 15.9 Å². The maximum absolute atomic E-state index is 12.1. The molecule has 0 spiro atoms. The van der Waals surface area contributed by atoms with Crippen molar-refractivity contribution in [1.82, 2.24) is 19.6 Å². The topological polar surface area (TPSA) is 75.1 Å². The van der Waals surface area contributed by atoms with E-state index < -0.39 is 0 Å². The second-order valence-corrected chi connectivity index (χ2v) is 6.26. The number of anilines is 1. The number of nitrogens with one attached hydrogen (secondary N) is 2. The number of nitrogens with zero attached hydrogens (tertiary/aromatic N) is 3. The average Bonchev–Trinajstić information content (AvgIpc) is 2.90. The molecule has 0 saturated heterocycles. The van der Waals surface area contributed by atoms with Crippen molar-refractivity contribution in [2.45, 2.75) is 26.3 Å². The van der Waals surface area contributed by atoms with Gasteiger partial charge in [0, 0.05) is 16.2 Å². The molecule has 114 valence electrons. The van der Waals surface area contributed by atoms with Crippen LogP contribution in [-0.2, 0) is 6.54 Å². The molecule has 7 heteroatoms. The van der Waals surface area contributed by atoms with E-state index >= 15 is 0 Å². The number of halogens is 1. The number of hydrogen-bond donors (Lipinski definition) is 2. The van der Waals surface area contributed by atoms with Crippen LogP contribution in [0.4, 0.5) is 5.69 Å². The van der Waals surface area contributed by atoms with E-state index in [2.05, 4.69) is 36.3 Å². The predicted octanol–water partition coefficient (Wildman–Crippen LogP) is 2.92. The lowest BCUT2D eigenvalue weighted by Gasteiger charge is -2.03. The summed E-state index contributed by atoms with van der Waals surface area (Å²) in [5.74, 6) is 1.26. The van der Waals surface area contributed by atoms with Gasteiger partial charge in [0.2, 0.25) is 0 Å². The van der Waals surface area contributed by atoms with Gasteiger partial charge in [0.25, 0.3) is 11.3 Å². The molecule has 0 bridgehead atoms. The minimum absolute atomic E-state index is 0.143. The van der Waals surface area contributed by atoms with Gasteiger partial charge < -0.3 is 5.32 Å². The first-order chi connectivity index (χ1) is 10.5. The van der Waals surface area contributed by atoms with E-state index in [9.17, 15) is 4.79 Å². The summed E-state index contributed by atoms with van der Waals surface area (Å²) >= 11 is 3.40. The van der Waals surface area contributed by atoms with Gasteiger partial charge in [-0.15, -0.1) is 0 Å². The SMILES string of the molecule is CC(C)c1cc(=O)n2[nH]c(CNc3ccc(Br)cc3)nc2n1. The number of fused-ring (bicyclic) bond motifs is 1. The monoisotopic (exact) mass is 361 g/mol. The van der Waals surface area contributed by atoms with Crippen LogP contribution in [0.2, 0.25) is 0 Å². The fourth-order valence-electron chi connectivity index (χ4n) is 2.07. The third-order valence-electron chi connectivity index (χ3n) is 3.29. The van der Waals surface area contributed by atoms with Crippen LogP contribution in [0.1, 0.15) is 31.3 Å². The summed E-state index contributed by atoms with van der Waals surface area (Å²) in [6.45, 7) is 4.49. The van der Waals surface area contributed by atoms with Crippen molar-refractivity contribution in [3.05, 3.63) is 56.7 Å². The van der Waals surface area contributed by atoms with Crippen molar-refractivity contribution >= 4 is 27.4 Å². The van der Waals surface area contributed by atoms with E-state index in [4.69, 9.17) is 0 Å². The molecule has 0 fully saturated rings. The van der Waals surface area contributed by atoms with E-state index in [0.29, 0.717) is 18.1 Å². The van der Waals surface area contributed by atoms with Gasteiger partial charge in [0.05, 0.1) is 12.2 Å². The maximum Gasteiger partial charge on any atom is 0.274 e. The van der Waals surface area contributed by atoms with Crippen molar-refractivity contribution in [2.24, 2.45) is 0 Å². The minimum atomic E-state index is -0.143. The Morgan fingerprint density at radius 1 is 1.27 bits per heavy atom. The molecule has 0 saturated carbocycles. The van der Waals surface area contributed by atoms with Gasteiger partial charge in [0.15, 0.2) is 0 Å². The van der Waals surface area contributed by atoms with Crippen LogP contribution in [0, 0.1) is 0 Å². The highest BCUT2D eigenvalue weighted by molar-refractivity contribution is 9.10. The minimum Gasteiger partial charge on any atom is -0.378 e. The second kappa shape index (κ2) is 5.92. The van der Waals surface area contributed by atoms with Crippen LogP contribution in [-0.4, -0.2) is 19.6 Å². The zero-order valence-electron chi connectivity index (χ0n) is 12.3. The van der Waals surface area contributed by atoms with Crippen molar-refractivity contribution in [3.63, 3.8) is 0 Å². The first-order valence-electron chi connectivity index (χ1n) is 7.01. The van der Waals surface area contributed by atoms with Gasteiger partial charge in [-0.25, -0.2) is 4.98 Å². The number of H-pyrrole nitrogens is 1. The lowest BCUT2D eigenvalue weighted by molar-refractivity contribution is 0.791. The molecule has 0 radical (unpaired) electrons.